The summed E-state index contributed by atoms with van der Waals surface area (Å²) in [4.78, 5) is 4.18. The number of anilines is 1. The van der Waals surface area contributed by atoms with Gasteiger partial charge in [-0.15, -0.1) is 0 Å². The molecular formula is C10H11F2N3. The first-order valence-electron chi connectivity index (χ1n) is 4.58. The van der Waals surface area contributed by atoms with E-state index >= 15 is 0 Å². The molecule has 2 N–H and O–H groups in total. The van der Waals surface area contributed by atoms with Crippen LogP contribution in [0.5, 0.6) is 0 Å². The van der Waals surface area contributed by atoms with Crippen molar-refractivity contribution in [1.82, 2.24) is 9.55 Å². The highest BCUT2D eigenvalue weighted by Gasteiger charge is 2.11. The summed E-state index contributed by atoms with van der Waals surface area (Å²) in [5.41, 5.74) is 7.53. The van der Waals surface area contributed by atoms with E-state index in [-0.39, 0.29) is 6.54 Å². The van der Waals surface area contributed by atoms with Crippen LogP contribution in [0.1, 0.15) is 5.82 Å². The van der Waals surface area contributed by atoms with Crippen LogP contribution in [0, 0.1) is 6.92 Å². The summed E-state index contributed by atoms with van der Waals surface area (Å²) in [6.07, 6.45) is -2.38. The summed E-state index contributed by atoms with van der Waals surface area (Å²) >= 11 is 0. The van der Waals surface area contributed by atoms with E-state index in [1.165, 1.54) is 4.57 Å². The number of hydrogen-bond acceptors (Lipinski definition) is 2. The molecule has 0 bridgehead atoms. The molecule has 0 radical (unpaired) electrons. The van der Waals surface area contributed by atoms with Gasteiger partial charge in [-0.2, -0.15) is 0 Å². The average Bonchev–Trinajstić information content (AvgIpc) is 2.41. The quantitative estimate of drug-likeness (QED) is 0.774. The maximum atomic E-state index is 12.3. The Bertz CT molecular complexity index is 491. The molecule has 80 valence electrons. The lowest BCUT2D eigenvalue weighted by molar-refractivity contribution is 0.127. The van der Waals surface area contributed by atoms with Crippen LogP contribution in [0.3, 0.4) is 0 Å². The smallest absolute Gasteiger partial charge is 0.256 e. The Kier molecular flexibility index (Phi) is 2.30. The minimum Gasteiger partial charge on any atom is -0.399 e. The topological polar surface area (TPSA) is 43.8 Å². The van der Waals surface area contributed by atoms with Gasteiger partial charge >= 0.3 is 0 Å². The maximum Gasteiger partial charge on any atom is 0.256 e. The van der Waals surface area contributed by atoms with E-state index in [0.29, 0.717) is 22.5 Å². The monoisotopic (exact) mass is 211 g/mol. The third-order valence-corrected chi connectivity index (χ3v) is 2.28. The molecule has 5 heteroatoms. The minimum absolute atomic E-state index is 0.327. The number of halogens is 2. The number of nitrogens with zero attached hydrogens (tertiary/aromatic N) is 2. The van der Waals surface area contributed by atoms with E-state index in [1.54, 1.807) is 25.1 Å². The molecule has 3 nitrogen and oxygen atoms in total. The molecule has 0 saturated carbocycles. The molecule has 1 aromatic heterocycles. The van der Waals surface area contributed by atoms with E-state index in [9.17, 15) is 8.78 Å². The fourth-order valence-electron chi connectivity index (χ4n) is 1.64. The zero-order valence-electron chi connectivity index (χ0n) is 8.24. The van der Waals surface area contributed by atoms with Gasteiger partial charge in [0.25, 0.3) is 6.43 Å². The van der Waals surface area contributed by atoms with Gasteiger partial charge in [0.05, 0.1) is 17.6 Å². The van der Waals surface area contributed by atoms with Gasteiger partial charge < -0.3 is 10.3 Å². The average molecular weight is 211 g/mol. The summed E-state index contributed by atoms with van der Waals surface area (Å²) < 4.78 is 26.1. The van der Waals surface area contributed by atoms with E-state index < -0.39 is 6.43 Å². The van der Waals surface area contributed by atoms with Gasteiger partial charge in [0.15, 0.2) is 0 Å². The molecule has 15 heavy (non-hydrogen) atoms. The highest BCUT2D eigenvalue weighted by atomic mass is 19.3. The normalized spacial score (nSPS) is 11.5. The zero-order chi connectivity index (χ0) is 11.0. The number of nitrogens with two attached hydrogens (primary N) is 1. The number of benzene rings is 1. The number of nitrogen functional groups attached to an aromatic ring is 1. The van der Waals surface area contributed by atoms with Gasteiger partial charge in [-0.3, -0.25) is 0 Å². The van der Waals surface area contributed by atoms with Crippen LogP contribution in [0.4, 0.5) is 14.5 Å². The summed E-state index contributed by atoms with van der Waals surface area (Å²) in [6.45, 7) is 1.38. The predicted molar refractivity (Wildman–Crippen MR) is 54.9 cm³/mol. The number of fused-ring (bicyclic) bond motifs is 1. The van der Waals surface area contributed by atoms with Crippen LogP contribution in [0.2, 0.25) is 0 Å². The Hall–Kier alpha value is -1.65. The Balaban J connectivity index is 2.58. The third kappa shape index (κ3) is 1.77. The molecule has 2 rings (SSSR count). The van der Waals surface area contributed by atoms with Crippen molar-refractivity contribution < 1.29 is 8.78 Å². The van der Waals surface area contributed by atoms with Crippen LogP contribution in [0.25, 0.3) is 11.0 Å². The van der Waals surface area contributed by atoms with Crippen LogP contribution in [-0.4, -0.2) is 16.0 Å². The van der Waals surface area contributed by atoms with E-state index in [4.69, 9.17) is 5.73 Å². The van der Waals surface area contributed by atoms with Crippen molar-refractivity contribution in [2.45, 2.75) is 19.9 Å². The first-order valence-corrected chi connectivity index (χ1v) is 4.58. The van der Waals surface area contributed by atoms with Crippen LogP contribution in [0.15, 0.2) is 18.2 Å². The van der Waals surface area contributed by atoms with Gasteiger partial charge in [-0.05, 0) is 25.1 Å². The molecule has 0 fully saturated rings. The summed E-state index contributed by atoms with van der Waals surface area (Å²) in [6, 6.07) is 5.09. The van der Waals surface area contributed by atoms with Crippen molar-refractivity contribution in [3.05, 3.63) is 24.0 Å². The molecule has 2 aromatic rings. The first-order chi connectivity index (χ1) is 7.08. The molecule has 0 saturated heterocycles. The molecule has 0 unspecified atom stereocenters. The summed E-state index contributed by atoms with van der Waals surface area (Å²) in [7, 11) is 0. The van der Waals surface area contributed by atoms with Crippen LogP contribution < -0.4 is 5.73 Å². The first kappa shape index (κ1) is 9.89. The number of hydrogen-bond donors (Lipinski definition) is 1. The number of imidazole rings is 1. The molecule has 0 spiro atoms. The van der Waals surface area contributed by atoms with E-state index in [2.05, 4.69) is 4.98 Å². The SMILES string of the molecule is Cc1nc2cc(N)ccc2n1CC(F)F. The van der Waals surface area contributed by atoms with Gasteiger partial charge in [-0.1, -0.05) is 0 Å². The van der Waals surface area contributed by atoms with Crippen molar-refractivity contribution >= 4 is 16.7 Å². The minimum atomic E-state index is -2.38. The molecule has 0 aliphatic heterocycles. The van der Waals surface area contributed by atoms with Gasteiger partial charge in [0.1, 0.15) is 5.82 Å². The Morgan fingerprint density at radius 1 is 1.47 bits per heavy atom. The Labute approximate surface area is 85.5 Å². The predicted octanol–water partition coefficient (Wildman–Crippen LogP) is 2.19. The second-order valence-corrected chi connectivity index (χ2v) is 3.41. The van der Waals surface area contributed by atoms with Gasteiger partial charge in [-0.25, -0.2) is 13.8 Å². The fourth-order valence-corrected chi connectivity index (χ4v) is 1.64. The highest BCUT2D eigenvalue weighted by molar-refractivity contribution is 5.79. The van der Waals surface area contributed by atoms with Crippen molar-refractivity contribution in [3.63, 3.8) is 0 Å². The third-order valence-electron chi connectivity index (χ3n) is 2.28. The van der Waals surface area contributed by atoms with E-state index in [1.807, 2.05) is 0 Å². The second kappa shape index (κ2) is 3.49. The standard InChI is InChI=1S/C10H11F2N3/c1-6-14-8-4-7(13)2-3-9(8)15(6)5-10(11)12/h2-4,10H,5,13H2,1H3. The van der Waals surface area contributed by atoms with Gasteiger partial charge in [0, 0.05) is 5.69 Å². The highest BCUT2D eigenvalue weighted by Crippen LogP contribution is 2.19. The second-order valence-electron chi connectivity index (χ2n) is 3.41. The van der Waals surface area contributed by atoms with Crippen molar-refractivity contribution in [2.24, 2.45) is 0 Å². The number of alkyl halides is 2. The molecule has 0 aliphatic carbocycles. The van der Waals surface area contributed by atoms with Crippen LogP contribution >= 0.6 is 0 Å². The van der Waals surface area contributed by atoms with Crippen LogP contribution in [-0.2, 0) is 6.54 Å². The largest absolute Gasteiger partial charge is 0.399 e. The lowest BCUT2D eigenvalue weighted by Crippen LogP contribution is -2.07. The molecule has 1 aromatic carbocycles. The summed E-state index contributed by atoms with van der Waals surface area (Å²) in [5.74, 6) is 0.580. The number of aromatic nitrogens is 2. The zero-order valence-corrected chi connectivity index (χ0v) is 8.24. The lowest BCUT2D eigenvalue weighted by atomic mass is 10.3. The van der Waals surface area contributed by atoms with Crippen molar-refractivity contribution in [2.75, 3.05) is 5.73 Å². The number of aryl methyl sites for hydroxylation is 1. The van der Waals surface area contributed by atoms with Gasteiger partial charge in [0.2, 0.25) is 0 Å². The lowest BCUT2D eigenvalue weighted by Gasteiger charge is -2.05. The maximum absolute atomic E-state index is 12.3. The summed E-state index contributed by atoms with van der Waals surface area (Å²) in [5, 5.41) is 0. The molecule has 1 heterocycles. The Morgan fingerprint density at radius 2 is 2.20 bits per heavy atom. The van der Waals surface area contributed by atoms with Crippen molar-refractivity contribution in [1.29, 1.82) is 0 Å². The molecule has 0 amide bonds. The molecule has 0 aliphatic rings. The Morgan fingerprint density at radius 3 is 2.87 bits per heavy atom. The van der Waals surface area contributed by atoms with E-state index in [0.717, 1.165) is 0 Å². The van der Waals surface area contributed by atoms with Crippen molar-refractivity contribution in [3.8, 4) is 0 Å². The molecular weight excluding hydrogens is 200 g/mol. The molecule has 0 atom stereocenters. The number of rotatable bonds is 2. The fraction of sp³-hybridized carbons (Fsp3) is 0.300.